The Morgan fingerprint density at radius 1 is 1.19 bits per heavy atom. The smallest absolute Gasteiger partial charge is 0.264 e. The molecular formula is C14H14N4O2S. The predicted molar refractivity (Wildman–Crippen MR) is 82.5 cm³/mol. The van der Waals surface area contributed by atoms with Gasteiger partial charge in [-0.2, -0.15) is 0 Å². The van der Waals surface area contributed by atoms with Gasteiger partial charge >= 0.3 is 0 Å². The van der Waals surface area contributed by atoms with Crippen LogP contribution in [0.3, 0.4) is 0 Å². The number of sulfonamides is 1. The molecule has 3 rings (SSSR count). The van der Waals surface area contributed by atoms with Crippen molar-refractivity contribution < 1.29 is 8.42 Å². The highest BCUT2D eigenvalue weighted by molar-refractivity contribution is 7.92. The topological polar surface area (TPSA) is 101 Å². The van der Waals surface area contributed by atoms with Crippen molar-refractivity contribution in [1.29, 1.82) is 0 Å². The number of nitrogen functional groups attached to an aromatic ring is 1. The van der Waals surface area contributed by atoms with E-state index in [0.29, 0.717) is 16.8 Å². The molecule has 0 saturated heterocycles. The average molecular weight is 302 g/mol. The number of nitrogens with zero attached hydrogens (tertiary/aromatic N) is 1. The van der Waals surface area contributed by atoms with Gasteiger partial charge in [0.2, 0.25) is 5.95 Å². The highest BCUT2D eigenvalue weighted by atomic mass is 32.2. The van der Waals surface area contributed by atoms with E-state index in [-0.39, 0.29) is 10.8 Å². The summed E-state index contributed by atoms with van der Waals surface area (Å²) < 4.78 is 27.1. The SMILES string of the molecule is Cc1cc(S(=O)(=O)Nc2nc3ccccc3[nH]2)ccc1N. The summed E-state index contributed by atoms with van der Waals surface area (Å²) in [6.45, 7) is 1.76. The van der Waals surface area contributed by atoms with Gasteiger partial charge in [-0.1, -0.05) is 12.1 Å². The van der Waals surface area contributed by atoms with Gasteiger partial charge in [-0.3, -0.25) is 0 Å². The third-order valence-electron chi connectivity index (χ3n) is 3.17. The van der Waals surface area contributed by atoms with Gasteiger partial charge in [-0.15, -0.1) is 0 Å². The van der Waals surface area contributed by atoms with Gasteiger partial charge in [0, 0.05) is 5.69 Å². The van der Waals surface area contributed by atoms with E-state index in [1.807, 2.05) is 18.2 Å². The van der Waals surface area contributed by atoms with E-state index in [9.17, 15) is 8.42 Å². The van der Waals surface area contributed by atoms with Crippen molar-refractivity contribution in [2.24, 2.45) is 0 Å². The van der Waals surface area contributed by atoms with Crippen LogP contribution in [0.5, 0.6) is 0 Å². The standard InChI is InChI=1S/C14H14N4O2S/c1-9-8-10(6-7-11(9)15)21(19,20)18-14-16-12-4-2-3-5-13(12)17-14/h2-8H,15H2,1H3,(H2,16,17,18). The zero-order valence-electron chi connectivity index (χ0n) is 11.3. The Morgan fingerprint density at radius 3 is 2.67 bits per heavy atom. The fourth-order valence-electron chi connectivity index (χ4n) is 2.00. The van der Waals surface area contributed by atoms with E-state index < -0.39 is 10.0 Å². The number of fused-ring (bicyclic) bond motifs is 1. The maximum absolute atomic E-state index is 12.3. The Balaban J connectivity index is 1.96. The molecule has 1 aromatic heterocycles. The Hall–Kier alpha value is -2.54. The van der Waals surface area contributed by atoms with Crippen molar-refractivity contribution in [3.63, 3.8) is 0 Å². The van der Waals surface area contributed by atoms with E-state index >= 15 is 0 Å². The summed E-state index contributed by atoms with van der Waals surface area (Å²) in [5.41, 5.74) is 8.43. The van der Waals surface area contributed by atoms with Crippen LogP contribution < -0.4 is 10.5 Å². The first kappa shape index (κ1) is 13.4. The van der Waals surface area contributed by atoms with Crippen molar-refractivity contribution in [1.82, 2.24) is 9.97 Å². The van der Waals surface area contributed by atoms with Gasteiger partial charge in [0.1, 0.15) is 0 Å². The molecule has 0 fully saturated rings. The number of rotatable bonds is 3. The molecule has 3 aromatic rings. The monoisotopic (exact) mass is 302 g/mol. The third kappa shape index (κ3) is 2.55. The van der Waals surface area contributed by atoms with Crippen LogP contribution in [0.25, 0.3) is 11.0 Å². The zero-order chi connectivity index (χ0) is 15.0. The molecule has 0 radical (unpaired) electrons. The normalized spacial score (nSPS) is 11.7. The first-order valence-corrected chi connectivity index (χ1v) is 7.78. The molecule has 0 aliphatic carbocycles. The average Bonchev–Trinajstić information content (AvgIpc) is 2.82. The quantitative estimate of drug-likeness (QED) is 0.646. The number of H-pyrrole nitrogens is 1. The second-order valence-corrected chi connectivity index (χ2v) is 6.41. The van der Waals surface area contributed by atoms with E-state index in [1.54, 1.807) is 19.1 Å². The lowest BCUT2D eigenvalue weighted by atomic mass is 10.2. The van der Waals surface area contributed by atoms with Gasteiger partial charge in [0.15, 0.2) is 0 Å². The number of aromatic amines is 1. The summed E-state index contributed by atoms with van der Waals surface area (Å²) in [5.74, 6) is 0.186. The van der Waals surface area contributed by atoms with E-state index in [4.69, 9.17) is 5.73 Å². The van der Waals surface area contributed by atoms with Crippen molar-refractivity contribution >= 4 is 32.7 Å². The Morgan fingerprint density at radius 2 is 1.95 bits per heavy atom. The maximum atomic E-state index is 12.3. The molecule has 0 unspecified atom stereocenters. The van der Waals surface area contributed by atoms with Crippen LogP contribution in [0.4, 0.5) is 11.6 Å². The summed E-state index contributed by atoms with van der Waals surface area (Å²) in [7, 11) is -3.70. The summed E-state index contributed by atoms with van der Waals surface area (Å²) in [4.78, 5) is 7.26. The van der Waals surface area contributed by atoms with Crippen LogP contribution >= 0.6 is 0 Å². The number of imidazole rings is 1. The molecule has 0 bridgehead atoms. The highest BCUT2D eigenvalue weighted by Crippen LogP contribution is 2.20. The summed E-state index contributed by atoms with van der Waals surface area (Å²) in [5, 5.41) is 0. The lowest BCUT2D eigenvalue weighted by Gasteiger charge is -2.07. The predicted octanol–water partition coefficient (Wildman–Crippen LogP) is 2.25. The molecule has 2 aromatic carbocycles. The summed E-state index contributed by atoms with van der Waals surface area (Å²) in [6.07, 6.45) is 0. The minimum absolute atomic E-state index is 0.148. The van der Waals surface area contributed by atoms with Crippen molar-refractivity contribution in [2.45, 2.75) is 11.8 Å². The molecular weight excluding hydrogens is 288 g/mol. The second kappa shape index (κ2) is 4.78. The Labute approximate surface area is 122 Å². The molecule has 6 nitrogen and oxygen atoms in total. The molecule has 0 saturated carbocycles. The van der Waals surface area contributed by atoms with Gasteiger partial charge in [0.25, 0.3) is 10.0 Å². The largest absolute Gasteiger partial charge is 0.399 e. The number of hydrogen-bond acceptors (Lipinski definition) is 4. The second-order valence-electron chi connectivity index (χ2n) is 4.73. The number of benzene rings is 2. The molecule has 0 atom stereocenters. The lowest BCUT2D eigenvalue weighted by molar-refractivity contribution is 0.601. The van der Waals surface area contributed by atoms with E-state index in [0.717, 1.165) is 5.52 Å². The Kier molecular flexibility index (Phi) is 3.06. The lowest BCUT2D eigenvalue weighted by Crippen LogP contribution is -2.14. The molecule has 7 heteroatoms. The van der Waals surface area contributed by atoms with Crippen LogP contribution in [0.2, 0.25) is 0 Å². The van der Waals surface area contributed by atoms with Crippen LogP contribution in [-0.2, 0) is 10.0 Å². The molecule has 21 heavy (non-hydrogen) atoms. The first-order valence-electron chi connectivity index (χ1n) is 6.29. The summed E-state index contributed by atoms with van der Waals surface area (Å²) >= 11 is 0. The van der Waals surface area contributed by atoms with Gasteiger partial charge in [-0.05, 0) is 42.8 Å². The first-order chi connectivity index (χ1) is 9.95. The minimum Gasteiger partial charge on any atom is -0.399 e. The van der Waals surface area contributed by atoms with E-state index in [1.165, 1.54) is 12.1 Å². The molecule has 1 heterocycles. The van der Waals surface area contributed by atoms with Crippen LogP contribution in [0.15, 0.2) is 47.4 Å². The number of nitrogens with one attached hydrogen (secondary N) is 2. The number of aromatic nitrogens is 2. The van der Waals surface area contributed by atoms with E-state index in [2.05, 4.69) is 14.7 Å². The number of aryl methyl sites for hydroxylation is 1. The van der Waals surface area contributed by atoms with Crippen LogP contribution in [-0.4, -0.2) is 18.4 Å². The van der Waals surface area contributed by atoms with Gasteiger partial charge in [0.05, 0.1) is 15.9 Å². The van der Waals surface area contributed by atoms with Gasteiger partial charge < -0.3 is 10.7 Å². The number of nitrogens with two attached hydrogens (primary N) is 1. The van der Waals surface area contributed by atoms with Crippen LogP contribution in [0, 0.1) is 6.92 Å². The highest BCUT2D eigenvalue weighted by Gasteiger charge is 2.16. The molecule has 4 N–H and O–H groups in total. The van der Waals surface area contributed by atoms with Crippen molar-refractivity contribution in [3.8, 4) is 0 Å². The Bertz CT molecular complexity index is 883. The minimum atomic E-state index is -3.70. The molecule has 0 spiro atoms. The number of anilines is 2. The fraction of sp³-hybridized carbons (Fsp3) is 0.0714. The molecule has 108 valence electrons. The fourth-order valence-corrected chi connectivity index (χ4v) is 3.05. The zero-order valence-corrected chi connectivity index (χ0v) is 12.1. The van der Waals surface area contributed by atoms with Crippen molar-refractivity contribution in [3.05, 3.63) is 48.0 Å². The summed E-state index contributed by atoms with van der Waals surface area (Å²) in [6, 6.07) is 11.9. The molecule has 0 amide bonds. The van der Waals surface area contributed by atoms with Gasteiger partial charge in [-0.25, -0.2) is 18.1 Å². The molecule has 0 aliphatic heterocycles. The van der Waals surface area contributed by atoms with Crippen LogP contribution in [0.1, 0.15) is 5.56 Å². The molecule has 0 aliphatic rings. The maximum Gasteiger partial charge on any atom is 0.264 e. The number of hydrogen-bond donors (Lipinski definition) is 3. The number of para-hydroxylation sites is 2. The van der Waals surface area contributed by atoms with Crippen molar-refractivity contribution in [2.75, 3.05) is 10.5 Å². The third-order valence-corrected chi connectivity index (χ3v) is 4.51.